The number of benzene rings is 2. The molecule has 2 aliphatic rings. The summed E-state index contributed by atoms with van der Waals surface area (Å²) in [5, 5.41) is 39.8. The Hall–Kier alpha value is -5.23. The van der Waals surface area contributed by atoms with Gasteiger partial charge in [-0.3, -0.25) is 28.8 Å². The van der Waals surface area contributed by atoms with E-state index < -0.39 is 54.5 Å². The summed E-state index contributed by atoms with van der Waals surface area (Å²) in [6.07, 6.45) is 10.4. The van der Waals surface area contributed by atoms with E-state index in [2.05, 4.69) is 49.4 Å². The third kappa shape index (κ3) is 18.4. The van der Waals surface area contributed by atoms with E-state index in [1.54, 1.807) is 50.0 Å². The molecule has 0 aromatic heterocycles. The lowest BCUT2D eigenvalue weighted by molar-refractivity contribution is -0.137. The molecule has 0 radical (unpaired) electrons. The van der Waals surface area contributed by atoms with Crippen molar-refractivity contribution in [1.82, 2.24) is 26.6 Å². The van der Waals surface area contributed by atoms with Crippen molar-refractivity contribution in [3.05, 3.63) is 84.0 Å². The first kappa shape index (κ1) is 57.1. The third-order valence-electron chi connectivity index (χ3n) is 12.3. The molecular formula is C51H78N8O8S. The number of aliphatic carboxylic acids is 1. The number of amides is 4. The number of thioether (sulfide) groups is 1. The van der Waals surface area contributed by atoms with Crippen molar-refractivity contribution in [2.75, 3.05) is 49.4 Å². The number of nitrogens with one attached hydrogen (secondary N) is 7. The van der Waals surface area contributed by atoms with Gasteiger partial charge in [-0.25, -0.2) is 0 Å². The first-order valence-corrected chi connectivity index (χ1v) is 25.2. The number of carboxylic acids is 1. The lowest BCUT2D eigenvalue weighted by Crippen LogP contribution is -2.48. The van der Waals surface area contributed by atoms with Gasteiger partial charge in [0.2, 0.25) is 23.6 Å². The second kappa shape index (κ2) is 28.9. The predicted molar refractivity (Wildman–Crippen MR) is 272 cm³/mol. The van der Waals surface area contributed by atoms with Gasteiger partial charge >= 0.3 is 5.97 Å². The van der Waals surface area contributed by atoms with Gasteiger partial charge in [0.1, 0.15) is 6.04 Å². The maximum absolute atomic E-state index is 13.2. The normalized spacial score (nSPS) is 18.6. The van der Waals surface area contributed by atoms with Crippen LogP contribution in [0.5, 0.6) is 0 Å². The van der Waals surface area contributed by atoms with Gasteiger partial charge in [-0.1, -0.05) is 95.3 Å². The van der Waals surface area contributed by atoms with E-state index in [-0.39, 0.29) is 72.1 Å². The Bertz CT molecular complexity index is 2030. The molecule has 0 spiro atoms. The number of hydrogen-bond acceptors (Lipinski definition) is 12. The third-order valence-corrected chi connectivity index (χ3v) is 13.2. The van der Waals surface area contributed by atoms with Crippen molar-refractivity contribution < 1.29 is 39.0 Å². The number of rotatable bonds is 26. The van der Waals surface area contributed by atoms with Crippen molar-refractivity contribution in [1.29, 1.82) is 0 Å². The number of nitrogens with two attached hydrogens (primary N) is 1. The fraction of sp³-hybridized carbons (Fsp3) is 0.569. The molecule has 0 saturated carbocycles. The Balaban J connectivity index is 0.000000360. The van der Waals surface area contributed by atoms with Gasteiger partial charge in [0.15, 0.2) is 5.78 Å². The zero-order valence-corrected chi connectivity index (χ0v) is 42.2. The number of hydrogen-bond donors (Lipinski definition) is 10. The molecule has 0 aliphatic carbocycles. The standard InChI is InChI=1S/C26H40N4O4.C25H38N4O4S/c1-15(2)19(10-11-22(16(3)4)29-26(34)21(27)14-31)25(33)30-24(17(5)32)12-18-13-28-23-9-7-6-8-20(18)23;1-16(24(32)28-17(2)15-34-4)9-10-19(11-12-23(30)31)29-25(33)22(26-3)13-18-14-27-21-8-6-5-7-20(18)21/h6-11,15-16,18-19,21-22,24,28,31H,12-14,27H2,1-5H3,(H,29,34)(H,30,33);5-10,16-19,22,26-27H,11-15H2,1-4H3,(H,28,32)(H,29,33)(H,30,31)/b11-10+;10-9+. The van der Waals surface area contributed by atoms with Crippen molar-refractivity contribution >= 4 is 58.5 Å². The van der Waals surface area contributed by atoms with Crippen molar-refractivity contribution in [3.8, 4) is 0 Å². The molecule has 10 atom stereocenters. The molecule has 17 heteroatoms. The number of fused-ring (bicyclic) bond motifs is 2. The molecule has 11 N–H and O–H groups in total. The zero-order valence-electron chi connectivity index (χ0n) is 41.3. The Morgan fingerprint density at radius 3 is 1.81 bits per heavy atom. The smallest absolute Gasteiger partial charge is 0.303 e. The fourth-order valence-corrected chi connectivity index (χ4v) is 8.71. The Morgan fingerprint density at radius 1 is 0.735 bits per heavy atom. The van der Waals surface area contributed by atoms with Crippen LogP contribution in [0.4, 0.5) is 11.4 Å². The highest BCUT2D eigenvalue weighted by atomic mass is 32.2. The highest BCUT2D eigenvalue weighted by molar-refractivity contribution is 7.98. The quantitative estimate of drug-likeness (QED) is 0.0583. The maximum Gasteiger partial charge on any atom is 0.303 e. The highest BCUT2D eigenvalue weighted by Crippen LogP contribution is 2.35. The molecule has 0 fully saturated rings. The molecule has 376 valence electrons. The number of ketones is 1. The SMILES string of the molecule is CC(=O)C(CC1CNc2ccccc21)NC(=O)C(/C=C/C(NC(=O)C(N)CO)C(C)C)C(C)C.CNC(CC1CNc2ccccc21)C(=O)NC(/C=C/C(C)C(=O)NC(C)CSC)CCC(=O)O. The number of carbonyl (C=O) groups is 6. The van der Waals surface area contributed by atoms with E-state index in [1.165, 1.54) is 18.1 Å². The van der Waals surface area contributed by atoms with Crippen molar-refractivity contribution in [3.63, 3.8) is 0 Å². The lowest BCUT2D eigenvalue weighted by atomic mass is 9.90. The van der Waals surface area contributed by atoms with E-state index in [4.69, 9.17) is 15.9 Å². The zero-order chi connectivity index (χ0) is 50.5. The van der Waals surface area contributed by atoms with Crippen LogP contribution in [0, 0.1) is 23.7 Å². The summed E-state index contributed by atoms with van der Waals surface area (Å²) in [6.45, 7) is 14.1. The van der Waals surface area contributed by atoms with Crippen molar-refractivity contribution in [2.24, 2.45) is 29.4 Å². The average molecular weight is 963 g/mol. The minimum absolute atomic E-state index is 0.0130. The molecule has 0 saturated heterocycles. The van der Waals surface area contributed by atoms with E-state index in [0.29, 0.717) is 12.8 Å². The number of para-hydroxylation sites is 2. The summed E-state index contributed by atoms with van der Waals surface area (Å²) >= 11 is 1.66. The summed E-state index contributed by atoms with van der Waals surface area (Å²) in [6, 6.07) is 13.4. The second-order valence-corrected chi connectivity index (χ2v) is 19.5. The number of Topliss-reactive ketones (excluding diaryl/α,β-unsaturated/α-hetero) is 1. The van der Waals surface area contributed by atoms with E-state index in [0.717, 1.165) is 30.2 Å². The van der Waals surface area contributed by atoms with E-state index in [9.17, 15) is 28.8 Å². The summed E-state index contributed by atoms with van der Waals surface area (Å²) < 4.78 is 0. The number of carbonyl (C=O) groups excluding carboxylic acids is 5. The number of anilines is 2. The number of likely N-dealkylation sites (N-methyl/N-ethyl adjacent to an activating group) is 1. The van der Waals surface area contributed by atoms with Gasteiger partial charge in [-0.15, -0.1) is 0 Å². The molecule has 4 rings (SSSR count). The first-order chi connectivity index (χ1) is 32.3. The van der Waals surface area contributed by atoms with Crippen LogP contribution in [0.2, 0.25) is 0 Å². The summed E-state index contributed by atoms with van der Waals surface area (Å²) in [7, 11) is 1.75. The van der Waals surface area contributed by atoms with Gasteiger partial charge in [0, 0.05) is 66.6 Å². The molecule has 10 unspecified atom stereocenters. The van der Waals surface area contributed by atoms with Gasteiger partial charge in [-0.2, -0.15) is 11.8 Å². The first-order valence-electron chi connectivity index (χ1n) is 23.8. The largest absolute Gasteiger partial charge is 0.481 e. The fourth-order valence-electron chi connectivity index (χ4n) is 8.13. The van der Waals surface area contributed by atoms with Crippen LogP contribution in [0.15, 0.2) is 72.8 Å². The van der Waals surface area contributed by atoms with Crippen molar-refractivity contribution in [2.45, 2.75) is 122 Å². The molecule has 4 amide bonds. The van der Waals surface area contributed by atoms with Crippen LogP contribution in [-0.2, 0) is 28.8 Å². The Morgan fingerprint density at radius 2 is 1.31 bits per heavy atom. The Labute approximate surface area is 407 Å². The monoisotopic (exact) mass is 963 g/mol. The minimum Gasteiger partial charge on any atom is -0.481 e. The summed E-state index contributed by atoms with van der Waals surface area (Å²) in [4.78, 5) is 74.3. The minimum atomic E-state index is -0.995. The van der Waals surface area contributed by atoms with Crippen LogP contribution in [0.1, 0.15) is 97.1 Å². The molecule has 16 nitrogen and oxygen atoms in total. The summed E-state index contributed by atoms with van der Waals surface area (Å²) in [5.74, 6) is -1.58. The molecule has 2 heterocycles. The maximum atomic E-state index is 13.2. The predicted octanol–water partition coefficient (Wildman–Crippen LogP) is 4.53. The molecule has 2 aromatic carbocycles. The molecule has 2 aliphatic heterocycles. The molecule has 2 aromatic rings. The van der Waals surface area contributed by atoms with Gasteiger partial charge in [0.25, 0.3) is 0 Å². The number of aliphatic hydroxyl groups excluding tert-OH is 1. The second-order valence-electron chi connectivity index (χ2n) is 18.6. The Kier molecular flexibility index (Phi) is 24.3. The number of carboxylic acid groups (broad SMARTS) is 1. The van der Waals surface area contributed by atoms with Crippen LogP contribution in [-0.4, -0.2) is 121 Å². The highest BCUT2D eigenvalue weighted by Gasteiger charge is 2.31. The van der Waals surface area contributed by atoms with Crippen LogP contribution < -0.4 is 43.0 Å². The van der Waals surface area contributed by atoms with Crippen LogP contribution >= 0.6 is 11.8 Å². The van der Waals surface area contributed by atoms with E-state index in [1.807, 2.05) is 77.3 Å². The lowest BCUT2D eigenvalue weighted by Gasteiger charge is -2.25. The average Bonchev–Trinajstić information content (AvgIpc) is 3.91. The molecule has 0 bridgehead atoms. The topological polar surface area (TPSA) is 253 Å². The van der Waals surface area contributed by atoms with Gasteiger partial charge < -0.3 is 53.2 Å². The number of aliphatic hydroxyl groups is 1. The summed E-state index contributed by atoms with van der Waals surface area (Å²) in [5.41, 5.74) is 10.2. The van der Waals surface area contributed by atoms with Crippen LogP contribution in [0.3, 0.4) is 0 Å². The van der Waals surface area contributed by atoms with E-state index >= 15 is 0 Å². The molecule has 68 heavy (non-hydrogen) atoms. The molecular weight excluding hydrogens is 885 g/mol. The van der Waals surface area contributed by atoms with Gasteiger partial charge in [-0.05, 0) is 81.5 Å². The van der Waals surface area contributed by atoms with Gasteiger partial charge in [0.05, 0.1) is 30.5 Å². The van der Waals surface area contributed by atoms with Crippen LogP contribution in [0.25, 0.3) is 0 Å².